The van der Waals surface area contributed by atoms with E-state index >= 15 is 0 Å². The Bertz CT molecular complexity index is 907. The molecule has 0 aliphatic carbocycles. The molecule has 0 saturated heterocycles. The summed E-state index contributed by atoms with van der Waals surface area (Å²) in [5.41, 5.74) is 7.67. The number of nitrogens with one attached hydrogen (secondary N) is 1. The smallest absolute Gasteiger partial charge is 0.272 e. The average Bonchev–Trinajstić information content (AvgIpc) is 2.70. The first-order valence-electron chi connectivity index (χ1n) is 7.25. The SMILES string of the molecule is Cc1c2c3c(cccc3n1Cc1ccccc1)C(=O)NN=C2. The molecular weight excluding hydrogens is 274 g/mol. The van der Waals surface area contributed by atoms with Crippen molar-refractivity contribution in [3.05, 3.63) is 70.9 Å². The molecule has 0 unspecified atom stereocenters. The summed E-state index contributed by atoms with van der Waals surface area (Å²) in [7, 11) is 0. The Labute approximate surface area is 128 Å². The molecule has 0 radical (unpaired) electrons. The number of hydrogen-bond acceptors (Lipinski definition) is 2. The van der Waals surface area contributed by atoms with Crippen molar-refractivity contribution in [1.29, 1.82) is 0 Å². The number of aromatic nitrogens is 1. The van der Waals surface area contributed by atoms with Crippen LogP contribution in [0, 0.1) is 6.92 Å². The van der Waals surface area contributed by atoms with Crippen molar-refractivity contribution in [2.24, 2.45) is 5.10 Å². The Morgan fingerprint density at radius 3 is 2.73 bits per heavy atom. The molecule has 1 aromatic heterocycles. The Kier molecular flexibility index (Phi) is 2.82. The van der Waals surface area contributed by atoms with Crippen LogP contribution in [0.5, 0.6) is 0 Å². The van der Waals surface area contributed by atoms with E-state index in [0.717, 1.165) is 28.7 Å². The molecule has 4 rings (SSSR count). The van der Waals surface area contributed by atoms with Gasteiger partial charge in [-0.25, -0.2) is 5.43 Å². The summed E-state index contributed by atoms with van der Waals surface area (Å²) in [4.78, 5) is 12.1. The molecule has 0 atom stereocenters. The third-order valence-corrected chi connectivity index (χ3v) is 4.19. The molecule has 0 bridgehead atoms. The van der Waals surface area contributed by atoms with Gasteiger partial charge in [0.25, 0.3) is 5.91 Å². The summed E-state index contributed by atoms with van der Waals surface area (Å²) >= 11 is 0. The summed E-state index contributed by atoms with van der Waals surface area (Å²) in [6, 6.07) is 16.2. The van der Waals surface area contributed by atoms with Crippen molar-refractivity contribution in [2.45, 2.75) is 13.5 Å². The number of amides is 1. The minimum Gasteiger partial charge on any atom is -0.340 e. The lowest BCUT2D eigenvalue weighted by Crippen LogP contribution is -2.16. The predicted molar refractivity (Wildman–Crippen MR) is 87.3 cm³/mol. The maximum absolute atomic E-state index is 12.1. The average molecular weight is 289 g/mol. The van der Waals surface area contributed by atoms with Crippen LogP contribution in [-0.2, 0) is 6.54 Å². The largest absolute Gasteiger partial charge is 0.340 e. The number of hydrogen-bond donors (Lipinski definition) is 1. The fourth-order valence-electron chi connectivity index (χ4n) is 3.09. The van der Waals surface area contributed by atoms with Crippen molar-refractivity contribution in [3.63, 3.8) is 0 Å². The van der Waals surface area contributed by atoms with Crippen molar-refractivity contribution in [3.8, 4) is 0 Å². The zero-order chi connectivity index (χ0) is 15.1. The van der Waals surface area contributed by atoms with E-state index in [9.17, 15) is 4.79 Å². The van der Waals surface area contributed by atoms with Gasteiger partial charge in [0.1, 0.15) is 0 Å². The van der Waals surface area contributed by atoms with E-state index < -0.39 is 0 Å². The van der Waals surface area contributed by atoms with E-state index in [-0.39, 0.29) is 5.91 Å². The third kappa shape index (κ3) is 1.84. The molecule has 2 aromatic carbocycles. The van der Waals surface area contributed by atoms with Gasteiger partial charge in [-0.15, -0.1) is 0 Å². The molecular formula is C18H15N3O. The highest BCUT2D eigenvalue weighted by atomic mass is 16.2. The van der Waals surface area contributed by atoms with Crippen LogP contribution in [0.1, 0.15) is 27.2 Å². The lowest BCUT2D eigenvalue weighted by atomic mass is 10.1. The first-order chi connectivity index (χ1) is 10.8. The highest BCUT2D eigenvalue weighted by Gasteiger charge is 2.21. The molecule has 1 amide bonds. The van der Waals surface area contributed by atoms with Gasteiger partial charge in [-0.3, -0.25) is 4.79 Å². The minimum atomic E-state index is -0.155. The Hall–Kier alpha value is -2.88. The number of hydrazone groups is 1. The van der Waals surface area contributed by atoms with Gasteiger partial charge >= 0.3 is 0 Å². The molecule has 108 valence electrons. The second-order valence-corrected chi connectivity index (χ2v) is 5.47. The molecule has 22 heavy (non-hydrogen) atoms. The lowest BCUT2D eigenvalue weighted by molar-refractivity contribution is 0.0957. The molecule has 3 aromatic rings. The molecule has 0 saturated carbocycles. The highest BCUT2D eigenvalue weighted by molar-refractivity contribution is 6.14. The van der Waals surface area contributed by atoms with Crippen molar-refractivity contribution in [2.75, 3.05) is 0 Å². The second-order valence-electron chi connectivity index (χ2n) is 5.47. The van der Waals surface area contributed by atoms with Crippen molar-refractivity contribution >= 4 is 23.0 Å². The van der Waals surface area contributed by atoms with Crippen LogP contribution in [-0.4, -0.2) is 16.7 Å². The molecule has 2 heterocycles. The minimum absolute atomic E-state index is 0.155. The Balaban J connectivity index is 1.98. The zero-order valence-electron chi connectivity index (χ0n) is 12.2. The standard InChI is InChI=1S/C18H15N3O/c1-12-15-10-19-20-18(22)14-8-5-9-16(17(14)15)21(12)11-13-6-3-2-4-7-13/h2-10H,11H2,1H3,(H,20,22). The number of nitrogens with zero attached hydrogens (tertiary/aromatic N) is 2. The maximum atomic E-state index is 12.1. The molecule has 4 nitrogen and oxygen atoms in total. The van der Waals surface area contributed by atoms with Crippen LogP contribution >= 0.6 is 0 Å². The van der Waals surface area contributed by atoms with E-state index in [1.54, 1.807) is 6.21 Å². The Morgan fingerprint density at radius 1 is 1.09 bits per heavy atom. The van der Waals surface area contributed by atoms with E-state index in [1.165, 1.54) is 5.56 Å². The van der Waals surface area contributed by atoms with Gasteiger partial charge in [0.2, 0.25) is 0 Å². The highest BCUT2D eigenvalue weighted by Crippen LogP contribution is 2.29. The van der Waals surface area contributed by atoms with E-state index in [2.05, 4.69) is 40.2 Å². The predicted octanol–water partition coefficient (Wildman–Crippen LogP) is 3.08. The van der Waals surface area contributed by atoms with Crippen LogP contribution in [0.25, 0.3) is 10.9 Å². The maximum Gasteiger partial charge on any atom is 0.272 e. The van der Waals surface area contributed by atoms with Gasteiger partial charge in [-0.1, -0.05) is 36.4 Å². The fourth-order valence-corrected chi connectivity index (χ4v) is 3.09. The van der Waals surface area contributed by atoms with Gasteiger partial charge in [0.05, 0.1) is 17.3 Å². The molecule has 0 spiro atoms. The molecule has 1 N–H and O–H groups in total. The lowest BCUT2D eigenvalue weighted by Gasteiger charge is -2.09. The zero-order valence-corrected chi connectivity index (χ0v) is 12.2. The Morgan fingerprint density at radius 2 is 1.91 bits per heavy atom. The summed E-state index contributed by atoms with van der Waals surface area (Å²) in [6.07, 6.45) is 1.74. The summed E-state index contributed by atoms with van der Waals surface area (Å²) < 4.78 is 2.24. The monoisotopic (exact) mass is 289 g/mol. The molecule has 4 heteroatoms. The van der Waals surface area contributed by atoms with Crippen LogP contribution in [0.4, 0.5) is 0 Å². The van der Waals surface area contributed by atoms with E-state index in [0.29, 0.717) is 5.56 Å². The second kappa shape index (κ2) is 4.84. The first-order valence-corrected chi connectivity index (χ1v) is 7.25. The summed E-state index contributed by atoms with van der Waals surface area (Å²) in [5, 5.41) is 5.02. The normalized spacial score (nSPS) is 13.2. The topological polar surface area (TPSA) is 46.4 Å². The number of carbonyl (C=O) groups is 1. The van der Waals surface area contributed by atoms with Crippen molar-refractivity contribution < 1.29 is 4.79 Å². The van der Waals surface area contributed by atoms with Crippen LogP contribution in [0.2, 0.25) is 0 Å². The third-order valence-electron chi connectivity index (χ3n) is 4.19. The fraction of sp³-hybridized carbons (Fsp3) is 0.111. The van der Waals surface area contributed by atoms with E-state index in [4.69, 9.17) is 0 Å². The molecule has 0 fully saturated rings. The number of benzene rings is 2. The summed E-state index contributed by atoms with van der Waals surface area (Å²) in [5.74, 6) is -0.155. The number of carbonyl (C=O) groups excluding carboxylic acids is 1. The van der Waals surface area contributed by atoms with Gasteiger partial charge in [0.15, 0.2) is 0 Å². The van der Waals surface area contributed by atoms with Crippen LogP contribution in [0.3, 0.4) is 0 Å². The van der Waals surface area contributed by atoms with Crippen LogP contribution < -0.4 is 5.43 Å². The van der Waals surface area contributed by atoms with Gasteiger partial charge in [-0.05, 0) is 24.6 Å². The first kappa shape index (κ1) is 12.8. The van der Waals surface area contributed by atoms with Crippen LogP contribution in [0.15, 0.2) is 53.6 Å². The summed E-state index contributed by atoms with van der Waals surface area (Å²) in [6.45, 7) is 2.85. The molecule has 1 aliphatic rings. The number of rotatable bonds is 2. The van der Waals surface area contributed by atoms with Crippen molar-refractivity contribution in [1.82, 2.24) is 9.99 Å². The molecule has 1 aliphatic heterocycles. The quantitative estimate of drug-likeness (QED) is 0.774. The van der Waals surface area contributed by atoms with Gasteiger partial charge in [-0.2, -0.15) is 5.10 Å². The van der Waals surface area contributed by atoms with E-state index in [1.807, 2.05) is 30.3 Å². The van der Waals surface area contributed by atoms with Gasteiger partial charge in [0, 0.05) is 23.2 Å². The van der Waals surface area contributed by atoms with Gasteiger partial charge < -0.3 is 4.57 Å².